The van der Waals surface area contributed by atoms with Crippen LogP contribution in [0.25, 0.3) is 0 Å². The zero-order valence-corrected chi connectivity index (χ0v) is 16.9. The van der Waals surface area contributed by atoms with Gasteiger partial charge in [-0.05, 0) is 45.1 Å². The first-order valence-corrected chi connectivity index (χ1v) is 9.50. The molecule has 0 aliphatic heterocycles. The van der Waals surface area contributed by atoms with Crippen molar-refractivity contribution in [2.75, 3.05) is 0 Å². The lowest BCUT2D eigenvalue weighted by molar-refractivity contribution is -0.173. The van der Waals surface area contributed by atoms with Crippen molar-refractivity contribution in [1.82, 2.24) is 0 Å². The summed E-state index contributed by atoms with van der Waals surface area (Å²) in [6.45, 7) is 8.51. The second-order valence-corrected chi connectivity index (χ2v) is 8.43. The predicted molar refractivity (Wildman–Crippen MR) is 102 cm³/mol. The van der Waals surface area contributed by atoms with Gasteiger partial charge >= 0.3 is 18.1 Å². The molecule has 1 aliphatic rings. The summed E-state index contributed by atoms with van der Waals surface area (Å²) in [6, 6.07) is 8.83. The van der Waals surface area contributed by atoms with Gasteiger partial charge < -0.3 is 9.47 Å². The Hall–Kier alpha value is -2.31. The number of hydrogen-bond donors (Lipinski definition) is 0. The standard InChI is InChI=1S/C22H27F3O4/c1-5-9-17(18(26)29-20(2,3)4)21(12-16(21)13-22(23,24)25)19(27)28-14-15-10-7-6-8-11-15/h5-8,10-11,16-17H,1,9,12-14H2,2-4H3/t16?,17-,21?/m1/s1. The van der Waals surface area contributed by atoms with Crippen LogP contribution in [-0.4, -0.2) is 23.7 Å². The van der Waals surface area contributed by atoms with Crippen molar-refractivity contribution in [3.63, 3.8) is 0 Å². The molecule has 0 N–H and O–H groups in total. The maximum atomic E-state index is 13.0. The van der Waals surface area contributed by atoms with Gasteiger partial charge in [-0.3, -0.25) is 9.59 Å². The Morgan fingerprint density at radius 3 is 2.38 bits per heavy atom. The van der Waals surface area contributed by atoms with Gasteiger partial charge in [0.2, 0.25) is 0 Å². The molecule has 1 saturated carbocycles. The van der Waals surface area contributed by atoms with Crippen molar-refractivity contribution < 1.29 is 32.2 Å². The van der Waals surface area contributed by atoms with Crippen molar-refractivity contribution in [1.29, 1.82) is 0 Å². The van der Waals surface area contributed by atoms with Crippen molar-refractivity contribution in [2.45, 2.75) is 58.4 Å². The van der Waals surface area contributed by atoms with Crippen LogP contribution in [0.5, 0.6) is 0 Å². The first-order valence-electron chi connectivity index (χ1n) is 9.50. The summed E-state index contributed by atoms with van der Waals surface area (Å²) in [5, 5.41) is 0. The van der Waals surface area contributed by atoms with Crippen LogP contribution in [0, 0.1) is 17.3 Å². The summed E-state index contributed by atoms with van der Waals surface area (Å²) < 4.78 is 49.9. The lowest BCUT2D eigenvalue weighted by atomic mass is 9.83. The minimum atomic E-state index is -4.45. The van der Waals surface area contributed by atoms with Crippen LogP contribution in [0.4, 0.5) is 13.2 Å². The van der Waals surface area contributed by atoms with E-state index >= 15 is 0 Å². The van der Waals surface area contributed by atoms with Gasteiger partial charge in [0.25, 0.3) is 0 Å². The van der Waals surface area contributed by atoms with E-state index in [0.717, 1.165) is 0 Å². The molecule has 0 saturated heterocycles. The second-order valence-electron chi connectivity index (χ2n) is 8.43. The molecule has 1 fully saturated rings. The molecule has 1 aromatic rings. The molecule has 7 heteroatoms. The van der Waals surface area contributed by atoms with Crippen molar-refractivity contribution in [3.05, 3.63) is 48.6 Å². The highest BCUT2D eigenvalue weighted by Crippen LogP contribution is 2.63. The summed E-state index contributed by atoms with van der Waals surface area (Å²) in [7, 11) is 0. The van der Waals surface area contributed by atoms with Crippen LogP contribution in [0.3, 0.4) is 0 Å². The fourth-order valence-corrected chi connectivity index (χ4v) is 3.62. The van der Waals surface area contributed by atoms with E-state index in [9.17, 15) is 22.8 Å². The van der Waals surface area contributed by atoms with Crippen LogP contribution in [0.2, 0.25) is 0 Å². The number of esters is 2. The first-order chi connectivity index (χ1) is 13.4. The summed E-state index contributed by atoms with van der Waals surface area (Å²) in [4.78, 5) is 25.7. The third kappa shape index (κ3) is 6.08. The molecule has 2 rings (SSSR count). The van der Waals surface area contributed by atoms with Gasteiger partial charge in [0, 0.05) is 6.42 Å². The number of rotatable bonds is 8. The van der Waals surface area contributed by atoms with Gasteiger partial charge in [-0.15, -0.1) is 6.58 Å². The van der Waals surface area contributed by atoms with E-state index in [1.54, 1.807) is 51.1 Å². The minimum absolute atomic E-state index is 0.0315. The van der Waals surface area contributed by atoms with Crippen molar-refractivity contribution in [3.8, 4) is 0 Å². The van der Waals surface area contributed by atoms with Gasteiger partial charge in [0.05, 0.1) is 11.3 Å². The molecule has 160 valence electrons. The fraction of sp³-hybridized carbons (Fsp3) is 0.545. The molecule has 1 aromatic carbocycles. The average Bonchev–Trinajstić information content (AvgIpc) is 3.29. The van der Waals surface area contributed by atoms with E-state index in [2.05, 4.69) is 6.58 Å². The monoisotopic (exact) mass is 412 g/mol. The Labute approximate surface area is 169 Å². The zero-order chi connectivity index (χ0) is 21.9. The second kappa shape index (κ2) is 8.59. The SMILES string of the molecule is C=CC[C@H](C(=O)OC(C)(C)C)C1(C(=O)OCc2ccccc2)CC1CC(F)(F)F. The maximum absolute atomic E-state index is 13.0. The smallest absolute Gasteiger partial charge is 0.389 e. The average molecular weight is 412 g/mol. The van der Waals surface area contributed by atoms with E-state index in [-0.39, 0.29) is 19.4 Å². The predicted octanol–water partition coefficient (Wildman–Crippen LogP) is 5.22. The molecule has 2 unspecified atom stereocenters. The molecule has 0 bridgehead atoms. The molecule has 29 heavy (non-hydrogen) atoms. The largest absolute Gasteiger partial charge is 0.460 e. The van der Waals surface area contributed by atoms with E-state index in [4.69, 9.17) is 9.47 Å². The van der Waals surface area contributed by atoms with Crippen LogP contribution in [0.1, 0.15) is 45.6 Å². The van der Waals surface area contributed by atoms with E-state index in [1.807, 2.05) is 0 Å². The third-order valence-electron chi connectivity index (χ3n) is 4.94. The lowest BCUT2D eigenvalue weighted by Gasteiger charge is -2.29. The Bertz CT molecular complexity index is 737. The number of allylic oxidation sites excluding steroid dienone is 1. The summed E-state index contributed by atoms with van der Waals surface area (Å²) in [5.41, 5.74) is -1.68. The van der Waals surface area contributed by atoms with Gasteiger partial charge in [-0.2, -0.15) is 13.2 Å². The Morgan fingerprint density at radius 1 is 1.24 bits per heavy atom. The Kier molecular flexibility index (Phi) is 6.81. The molecular weight excluding hydrogens is 385 g/mol. The van der Waals surface area contributed by atoms with E-state index in [1.165, 1.54) is 6.08 Å². The number of hydrogen-bond acceptors (Lipinski definition) is 4. The number of ether oxygens (including phenoxy) is 2. The summed E-state index contributed by atoms with van der Waals surface area (Å²) in [5.74, 6) is -3.61. The van der Waals surface area contributed by atoms with Crippen molar-refractivity contribution >= 4 is 11.9 Å². The van der Waals surface area contributed by atoms with Gasteiger partial charge in [0.15, 0.2) is 0 Å². The normalized spacial score (nSPS) is 22.5. The molecule has 0 spiro atoms. The maximum Gasteiger partial charge on any atom is 0.389 e. The third-order valence-corrected chi connectivity index (χ3v) is 4.94. The van der Waals surface area contributed by atoms with E-state index < -0.39 is 47.4 Å². The number of carbonyl (C=O) groups is 2. The highest BCUT2D eigenvalue weighted by atomic mass is 19.4. The quantitative estimate of drug-likeness (QED) is 0.434. The van der Waals surface area contributed by atoms with Gasteiger partial charge in [-0.1, -0.05) is 36.4 Å². The molecule has 3 atom stereocenters. The van der Waals surface area contributed by atoms with Gasteiger partial charge in [-0.25, -0.2) is 0 Å². The molecule has 0 radical (unpaired) electrons. The summed E-state index contributed by atoms with van der Waals surface area (Å²) in [6.07, 6.45) is -4.21. The van der Waals surface area contributed by atoms with Crippen LogP contribution in [-0.2, 0) is 25.7 Å². The highest BCUT2D eigenvalue weighted by molar-refractivity contribution is 5.88. The molecule has 0 heterocycles. The molecule has 1 aliphatic carbocycles. The minimum Gasteiger partial charge on any atom is -0.460 e. The number of halogens is 3. The zero-order valence-electron chi connectivity index (χ0n) is 16.9. The highest BCUT2D eigenvalue weighted by Gasteiger charge is 2.69. The Balaban J connectivity index is 2.27. The molecule has 0 aromatic heterocycles. The summed E-state index contributed by atoms with van der Waals surface area (Å²) >= 11 is 0. The Morgan fingerprint density at radius 2 is 1.86 bits per heavy atom. The van der Waals surface area contributed by atoms with Crippen LogP contribution < -0.4 is 0 Å². The number of benzene rings is 1. The fourth-order valence-electron chi connectivity index (χ4n) is 3.62. The van der Waals surface area contributed by atoms with E-state index in [0.29, 0.717) is 5.56 Å². The molecule has 0 amide bonds. The number of alkyl halides is 3. The first kappa shape index (κ1) is 23.0. The van der Waals surface area contributed by atoms with Gasteiger partial charge in [0.1, 0.15) is 12.2 Å². The van der Waals surface area contributed by atoms with Crippen LogP contribution >= 0.6 is 0 Å². The van der Waals surface area contributed by atoms with Crippen LogP contribution in [0.15, 0.2) is 43.0 Å². The lowest BCUT2D eigenvalue weighted by Crippen LogP contribution is -2.39. The number of carbonyl (C=O) groups excluding carboxylic acids is 2. The molecule has 4 nitrogen and oxygen atoms in total. The topological polar surface area (TPSA) is 52.6 Å². The molecular formula is C22H27F3O4. The van der Waals surface area contributed by atoms with Crippen molar-refractivity contribution in [2.24, 2.45) is 17.3 Å².